The van der Waals surface area contributed by atoms with Gasteiger partial charge in [-0.1, -0.05) is 0 Å². The van der Waals surface area contributed by atoms with Gasteiger partial charge in [0.15, 0.2) is 0 Å². The molecule has 12 heavy (non-hydrogen) atoms. The Bertz CT molecular complexity index is 151. The third-order valence-electron chi connectivity index (χ3n) is 3.26. The lowest BCUT2D eigenvalue weighted by Gasteiger charge is -2.49. The van der Waals surface area contributed by atoms with E-state index in [0.717, 1.165) is 19.5 Å². The summed E-state index contributed by atoms with van der Waals surface area (Å²) in [6.07, 6.45) is 3.63. The summed E-state index contributed by atoms with van der Waals surface area (Å²) in [5, 5.41) is 12.3. The Balaban J connectivity index is 1.95. The molecule has 0 aromatic rings. The van der Waals surface area contributed by atoms with Crippen LogP contribution in [0.3, 0.4) is 0 Å². The van der Waals surface area contributed by atoms with Crippen LogP contribution in [0, 0.1) is 0 Å². The van der Waals surface area contributed by atoms with Gasteiger partial charge in [0.1, 0.15) is 0 Å². The van der Waals surface area contributed by atoms with Crippen LogP contribution in [0.25, 0.3) is 0 Å². The number of aliphatic hydroxyl groups excluding tert-OH is 1. The average Bonchev–Trinajstić information content (AvgIpc) is 2.48. The number of nitrogens with one attached hydrogen (secondary N) is 1. The molecule has 0 amide bonds. The molecule has 2 aliphatic heterocycles. The molecule has 0 aromatic carbocycles. The molecule has 0 bridgehead atoms. The van der Waals surface area contributed by atoms with Gasteiger partial charge in [-0.3, -0.25) is 4.90 Å². The lowest BCUT2D eigenvalue weighted by atomic mass is 9.87. The molecule has 3 nitrogen and oxygen atoms in total. The van der Waals surface area contributed by atoms with Gasteiger partial charge in [0.05, 0.1) is 0 Å². The number of likely N-dealkylation sites (tertiary alicyclic amines) is 1. The van der Waals surface area contributed by atoms with E-state index in [1.54, 1.807) is 0 Å². The van der Waals surface area contributed by atoms with Crippen LogP contribution in [-0.4, -0.2) is 48.3 Å². The van der Waals surface area contributed by atoms with E-state index in [1.807, 2.05) is 0 Å². The zero-order valence-electron chi connectivity index (χ0n) is 7.55. The molecular formula is C9H18N2O. The van der Waals surface area contributed by atoms with Gasteiger partial charge < -0.3 is 10.4 Å². The first-order chi connectivity index (χ1) is 5.87. The Hall–Kier alpha value is -0.120. The Morgan fingerprint density at radius 1 is 1.25 bits per heavy atom. The maximum absolute atomic E-state index is 8.97. The molecule has 0 aromatic heterocycles. The highest BCUT2D eigenvalue weighted by molar-refractivity contribution is 5.03. The summed E-state index contributed by atoms with van der Waals surface area (Å²) in [5.74, 6) is 0. The highest BCUT2D eigenvalue weighted by Crippen LogP contribution is 2.28. The standard InChI is InChI=1S/C9H18N2O/c12-6-3-9(7-10-8-9)11-4-1-2-5-11/h10,12H,1-8H2. The predicted octanol–water partition coefficient (Wildman–Crippen LogP) is -0.193. The number of hydrogen-bond acceptors (Lipinski definition) is 3. The summed E-state index contributed by atoms with van der Waals surface area (Å²) in [5.41, 5.74) is 0.325. The van der Waals surface area contributed by atoms with Crippen molar-refractivity contribution in [2.24, 2.45) is 0 Å². The van der Waals surface area contributed by atoms with E-state index in [2.05, 4.69) is 10.2 Å². The van der Waals surface area contributed by atoms with Crippen LogP contribution in [-0.2, 0) is 0 Å². The highest BCUT2D eigenvalue weighted by atomic mass is 16.3. The molecule has 2 aliphatic rings. The van der Waals surface area contributed by atoms with E-state index >= 15 is 0 Å². The second-order valence-corrected chi connectivity index (χ2v) is 4.00. The van der Waals surface area contributed by atoms with E-state index in [9.17, 15) is 0 Å². The topological polar surface area (TPSA) is 35.5 Å². The predicted molar refractivity (Wildman–Crippen MR) is 48.1 cm³/mol. The molecule has 0 unspecified atom stereocenters. The van der Waals surface area contributed by atoms with Crippen molar-refractivity contribution < 1.29 is 5.11 Å². The Kier molecular flexibility index (Phi) is 2.35. The van der Waals surface area contributed by atoms with Crippen LogP contribution in [0.2, 0.25) is 0 Å². The molecule has 2 rings (SSSR count). The van der Waals surface area contributed by atoms with E-state index < -0.39 is 0 Å². The normalized spacial score (nSPS) is 28.8. The third kappa shape index (κ3) is 1.26. The first kappa shape index (κ1) is 8.48. The van der Waals surface area contributed by atoms with Gasteiger partial charge in [-0.25, -0.2) is 0 Å². The SMILES string of the molecule is OCCC1(N2CCCC2)CNC1. The summed E-state index contributed by atoms with van der Waals surface area (Å²) < 4.78 is 0. The van der Waals surface area contributed by atoms with Crippen molar-refractivity contribution >= 4 is 0 Å². The molecule has 70 valence electrons. The van der Waals surface area contributed by atoms with Gasteiger partial charge >= 0.3 is 0 Å². The fourth-order valence-corrected chi connectivity index (χ4v) is 2.37. The van der Waals surface area contributed by atoms with Crippen molar-refractivity contribution in [3.8, 4) is 0 Å². The Labute approximate surface area is 73.8 Å². The fraction of sp³-hybridized carbons (Fsp3) is 1.00. The number of aliphatic hydroxyl groups is 1. The quantitative estimate of drug-likeness (QED) is 0.616. The summed E-state index contributed by atoms with van der Waals surface area (Å²) in [6.45, 7) is 4.96. The molecular weight excluding hydrogens is 152 g/mol. The van der Waals surface area contributed by atoms with Crippen LogP contribution in [0.5, 0.6) is 0 Å². The van der Waals surface area contributed by atoms with E-state index in [1.165, 1.54) is 25.9 Å². The van der Waals surface area contributed by atoms with Gasteiger partial charge in [0.25, 0.3) is 0 Å². The molecule has 0 spiro atoms. The maximum atomic E-state index is 8.97. The third-order valence-corrected chi connectivity index (χ3v) is 3.26. The molecule has 2 saturated heterocycles. The van der Waals surface area contributed by atoms with Crippen molar-refractivity contribution in [3.63, 3.8) is 0 Å². The van der Waals surface area contributed by atoms with Gasteiger partial charge in [-0.15, -0.1) is 0 Å². The summed E-state index contributed by atoms with van der Waals surface area (Å²) >= 11 is 0. The maximum Gasteiger partial charge on any atom is 0.0479 e. The minimum atomic E-state index is 0.325. The first-order valence-electron chi connectivity index (χ1n) is 4.94. The van der Waals surface area contributed by atoms with Crippen LogP contribution < -0.4 is 5.32 Å². The van der Waals surface area contributed by atoms with Crippen molar-refractivity contribution in [2.75, 3.05) is 32.8 Å². The molecule has 2 heterocycles. The van der Waals surface area contributed by atoms with Crippen molar-refractivity contribution in [3.05, 3.63) is 0 Å². The smallest absolute Gasteiger partial charge is 0.0479 e. The molecule has 2 N–H and O–H groups in total. The van der Waals surface area contributed by atoms with Crippen molar-refractivity contribution in [1.82, 2.24) is 10.2 Å². The minimum absolute atomic E-state index is 0.325. The molecule has 0 aliphatic carbocycles. The first-order valence-corrected chi connectivity index (χ1v) is 4.94. The zero-order chi connectivity index (χ0) is 8.44. The summed E-state index contributed by atoms with van der Waals surface area (Å²) in [7, 11) is 0. The summed E-state index contributed by atoms with van der Waals surface area (Å²) in [4.78, 5) is 2.56. The van der Waals surface area contributed by atoms with Crippen LogP contribution >= 0.6 is 0 Å². The molecule has 0 radical (unpaired) electrons. The van der Waals surface area contributed by atoms with Crippen LogP contribution in [0.1, 0.15) is 19.3 Å². The highest BCUT2D eigenvalue weighted by Gasteiger charge is 2.42. The van der Waals surface area contributed by atoms with E-state index in [-0.39, 0.29) is 0 Å². The van der Waals surface area contributed by atoms with E-state index in [4.69, 9.17) is 5.11 Å². The van der Waals surface area contributed by atoms with Gasteiger partial charge in [-0.2, -0.15) is 0 Å². The molecule has 2 fully saturated rings. The van der Waals surface area contributed by atoms with E-state index in [0.29, 0.717) is 12.1 Å². The zero-order valence-corrected chi connectivity index (χ0v) is 7.55. The molecule has 0 saturated carbocycles. The van der Waals surface area contributed by atoms with Gasteiger partial charge in [0.2, 0.25) is 0 Å². The Morgan fingerprint density at radius 2 is 1.92 bits per heavy atom. The second kappa shape index (κ2) is 3.32. The number of nitrogens with zero attached hydrogens (tertiary/aromatic N) is 1. The van der Waals surface area contributed by atoms with Crippen LogP contribution in [0.4, 0.5) is 0 Å². The molecule has 0 atom stereocenters. The average molecular weight is 170 g/mol. The number of hydrogen-bond donors (Lipinski definition) is 2. The summed E-state index contributed by atoms with van der Waals surface area (Å²) in [6, 6.07) is 0. The van der Waals surface area contributed by atoms with Crippen molar-refractivity contribution in [2.45, 2.75) is 24.8 Å². The monoisotopic (exact) mass is 170 g/mol. The largest absolute Gasteiger partial charge is 0.396 e. The lowest BCUT2D eigenvalue weighted by Crippen LogP contribution is -2.68. The van der Waals surface area contributed by atoms with Crippen molar-refractivity contribution in [1.29, 1.82) is 0 Å². The van der Waals surface area contributed by atoms with Gasteiger partial charge in [0, 0.05) is 25.2 Å². The lowest BCUT2D eigenvalue weighted by molar-refractivity contribution is 0.0345. The fourth-order valence-electron chi connectivity index (χ4n) is 2.37. The number of rotatable bonds is 3. The van der Waals surface area contributed by atoms with Crippen LogP contribution in [0.15, 0.2) is 0 Å². The molecule has 3 heteroatoms. The van der Waals surface area contributed by atoms with Gasteiger partial charge in [-0.05, 0) is 32.4 Å². The Morgan fingerprint density at radius 3 is 2.33 bits per heavy atom. The second-order valence-electron chi connectivity index (χ2n) is 4.00. The minimum Gasteiger partial charge on any atom is -0.396 e.